The summed E-state index contributed by atoms with van der Waals surface area (Å²) in [6.07, 6.45) is 2.85. The van der Waals surface area contributed by atoms with E-state index in [1.165, 1.54) is 26.5 Å². The fourth-order valence-corrected chi connectivity index (χ4v) is 4.66. The second kappa shape index (κ2) is 4.25. The van der Waals surface area contributed by atoms with Gasteiger partial charge in [0.15, 0.2) is 0 Å². The Morgan fingerprint density at radius 3 is 1.52 bits per heavy atom. The molecule has 2 aliphatic heterocycles. The molecule has 0 atom stereocenters. The van der Waals surface area contributed by atoms with E-state index in [1.807, 2.05) is 0 Å². The number of amides is 4. The molecular weight excluding hydrogens is 344 g/mol. The summed E-state index contributed by atoms with van der Waals surface area (Å²) < 4.78 is 0. The van der Waals surface area contributed by atoms with Crippen LogP contribution in [0.2, 0.25) is 0 Å². The number of aromatic nitrogens is 2. The van der Waals surface area contributed by atoms with Crippen molar-refractivity contribution in [3.63, 3.8) is 0 Å². The fourth-order valence-electron chi connectivity index (χ4n) is 3.39. The van der Waals surface area contributed by atoms with Crippen LogP contribution in [0.4, 0.5) is 0 Å². The van der Waals surface area contributed by atoms with Gasteiger partial charge >= 0.3 is 0 Å². The highest BCUT2D eigenvalue weighted by atomic mass is 32.1. The number of imide groups is 2. The molecule has 3 aromatic rings. The van der Waals surface area contributed by atoms with Gasteiger partial charge in [-0.25, -0.2) is 0 Å². The lowest BCUT2D eigenvalue weighted by molar-refractivity contribution is 0.0638. The largest absolute Gasteiger partial charge is 0.277 e. The summed E-state index contributed by atoms with van der Waals surface area (Å²) in [7, 11) is 2.77. The molecule has 9 heteroatoms. The average Bonchev–Trinajstić information content (AvgIpc) is 3.01. The van der Waals surface area contributed by atoms with Crippen molar-refractivity contribution in [2.75, 3.05) is 14.1 Å². The van der Waals surface area contributed by atoms with Crippen molar-refractivity contribution < 1.29 is 19.2 Å². The summed E-state index contributed by atoms with van der Waals surface area (Å²) >= 11 is 1.000. The molecule has 0 N–H and O–H groups in total. The Morgan fingerprint density at radius 2 is 1.12 bits per heavy atom. The highest BCUT2D eigenvalue weighted by molar-refractivity contribution is 7.18. The molecule has 0 saturated carbocycles. The molecule has 25 heavy (non-hydrogen) atoms. The predicted molar refractivity (Wildman–Crippen MR) is 87.8 cm³/mol. The van der Waals surface area contributed by atoms with Crippen LogP contribution in [0, 0.1) is 0 Å². The van der Waals surface area contributed by atoms with E-state index in [9.17, 15) is 19.2 Å². The monoisotopic (exact) mass is 352 g/mol. The molecule has 5 rings (SSSR count). The Balaban J connectivity index is 2.15. The molecule has 2 aliphatic rings. The number of carbonyl (C=O) groups is 4. The van der Waals surface area contributed by atoms with E-state index in [-0.39, 0.29) is 31.9 Å². The zero-order chi connectivity index (χ0) is 17.6. The van der Waals surface area contributed by atoms with E-state index >= 15 is 0 Å². The Labute approximate surface area is 143 Å². The third-order valence-electron chi connectivity index (χ3n) is 4.61. The first kappa shape index (κ1) is 14.2. The van der Waals surface area contributed by atoms with Gasteiger partial charge in [0, 0.05) is 37.3 Å². The maximum Gasteiger partial charge on any atom is 0.271 e. The normalized spacial score (nSPS) is 16.6. The second-order valence-electron chi connectivity index (χ2n) is 5.85. The van der Waals surface area contributed by atoms with E-state index in [2.05, 4.69) is 9.97 Å². The lowest BCUT2D eigenvalue weighted by atomic mass is 9.91. The second-order valence-corrected chi connectivity index (χ2v) is 6.87. The maximum atomic E-state index is 12.7. The van der Waals surface area contributed by atoms with Crippen LogP contribution in [0.25, 0.3) is 21.8 Å². The molecule has 0 radical (unpaired) electrons. The molecule has 4 amide bonds. The van der Waals surface area contributed by atoms with Gasteiger partial charge in [0.25, 0.3) is 23.6 Å². The summed E-state index contributed by atoms with van der Waals surface area (Å²) in [5, 5.41) is 0.678. The molecule has 8 nitrogen and oxygen atoms in total. The molecule has 122 valence electrons. The van der Waals surface area contributed by atoms with Crippen molar-refractivity contribution in [1.29, 1.82) is 0 Å². The Bertz CT molecular complexity index is 1120. The van der Waals surface area contributed by atoms with Crippen molar-refractivity contribution >= 4 is 56.8 Å². The Hall–Kier alpha value is -3.20. The molecule has 0 bridgehead atoms. The number of carbonyl (C=O) groups excluding carboxylic acids is 4. The number of rotatable bonds is 0. The van der Waals surface area contributed by atoms with Gasteiger partial charge in [0.1, 0.15) is 20.8 Å². The molecule has 0 fully saturated rings. The fraction of sp³-hybridized carbons (Fsp3) is 0.125. The molecule has 4 heterocycles. The highest BCUT2D eigenvalue weighted by Gasteiger charge is 2.43. The van der Waals surface area contributed by atoms with Crippen LogP contribution in [0.5, 0.6) is 0 Å². The quantitative estimate of drug-likeness (QED) is 0.565. The summed E-state index contributed by atoms with van der Waals surface area (Å²) in [4.78, 5) is 61.6. The van der Waals surface area contributed by atoms with E-state index < -0.39 is 23.6 Å². The van der Waals surface area contributed by atoms with Gasteiger partial charge in [-0.2, -0.15) is 0 Å². The van der Waals surface area contributed by atoms with E-state index in [4.69, 9.17) is 0 Å². The van der Waals surface area contributed by atoms with Crippen LogP contribution < -0.4 is 0 Å². The number of nitrogens with zero attached hydrogens (tertiary/aromatic N) is 4. The lowest BCUT2D eigenvalue weighted by Crippen LogP contribution is -2.38. The molecule has 1 aromatic carbocycles. The minimum atomic E-state index is -0.516. The van der Waals surface area contributed by atoms with Crippen molar-refractivity contribution in [3.8, 4) is 0 Å². The van der Waals surface area contributed by atoms with E-state index in [0.29, 0.717) is 10.8 Å². The van der Waals surface area contributed by atoms with Gasteiger partial charge in [0.2, 0.25) is 0 Å². The number of benzene rings is 1. The SMILES string of the molecule is CN1C(=O)c2sc3c4c(c5nccnc5c(c24)C1=O)C(=O)N(C)C3=O. The summed E-state index contributed by atoms with van der Waals surface area (Å²) in [5.41, 5.74) is 0.949. The first-order chi connectivity index (χ1) is 11.9. The third kappa shape index (κ3) is 1.43. The minimum Gasteiger partial charge on any atom is -0.277 e. The predicted octanol–water partition coefficient (Wildman–Crippen LogP) is 1.30. The summed E-state index contributed by atoms with van der Waals surface area (Å²) in [6.45, 7) is 0. The van der Waals surface area contributed by atoms with Crippen molar-refractivity contribution in [2.24, 2.45) is 0 Å². The lowest BCUT2D eigenvalue weighted by Gasteiger charge is -2.24. The Morgan fingerprint density at radius 1 is 0.720 bits per heavy atom. The zero-order valence-electron chi connectivity index (χ0n) is 13.0. The van der Waals surface area contributed by atoms with Crippen molar-refractivity contribution in [1.82, 2.24) is 19.8 Å². The minimum absolute atomic E-state index is 0.214. The van der Waals surface area contributed by atoms with E-state index in [0.717, 1.165) is 21.1 Å². The number of hydrogen-bond donors (Lipinski definition) is 0. The topological polar surface area (TPSA) is 101 Å². The van der Waals surface area contributed by atoms with Crippen LogP contribution in [-0.2, 0) is 0 Å². The highest BCUT2D eigenvalue weighted by Crippen LogP contribution is 2.45. The maximum absolute atomic E-state index is 12.7. The molecule has 0 saturated heterocycles. The first-order valence-electron chi connectivity index (χ1n) is 7.31. The third-order valence-corrected chi connectivity index (χ3v) is 5.78. The van der Waals surface area contributed by atoms with Crippen molar-refractivity contribution in [2.45, 2.75) is 0 Å². The molecular formula is C16H8N4O4S. The van der Waals surface area contributed by atoms with Crippen molar-refractivity contribution in [3.05, 3.63) is 33.3 Å². The zero-order valence-corrected chi connectivity index (χ0v) is 13.8. The number of thiophene rings is 1. The standard InChI is InChI=1S/C16H8N4O4S/c1-19-13(21)7-5-6-8(10-9(7)17-3-4-18-10)14(22)20(2)16(24)12(6)25-11(5)15(19)23/h3-4H,1-2H3. The van der Waals surface area contributed by atoms with Gasteiger partial charge in [-0.15, -0.1) is 11.3 Å². The summed E-state index contributed by atoms with van der Waals surface area (Å²) in [6, 6.07) is 0. The van der Waals surface area contributed by atoms with Crippen LogP contribution >= 0.6 is 11.3 Å². The first-order valence-corrected chi connectivity index (χ1v) is 8.13. The summed E-state index contributed by atoms with van der Waals surface area (Å²) in [5.74, 6) is -2.01. The van der Waals surface area contributed by atoms with E-state index in [1.54, 1.807) is 0 Å². The van der Waals surface area contributed by atoms with Crippen LogP contribution in [0.1, 0.15) is 40.1 Å². The molecule has 0 unspecified atom stereocenters. The molecule has 2 aromatic heterocycles. The van der Waals surface area contributed by atoms with Crippen LogP contribution in [-0.4, -0.2) is 57.5 Å². The van der Waals surface area contributed by atoms with Gasteiger partial charge in [-0.1, -0.05) is 0 Å². The van der Waals surface area contributed by atoms with Gasteiger partial charge in [-0.3, -0.25) is 38.9 Å². The number of hydrogen-bond acceptors (Lipinski definition) is 7. The van der Waals surface area contributed by atoms with Gasteiger partial charge in [0.05, 0.1) is 11.1 Å². The Kier molecular flexibility index (Phi) is 2.41. The van der Waals surface area contributed by atoms with Crippen LogP contribution in [0.3, 0.4) is 0 Å². The van der Waals surface area contributed by atoms with Crippen LogP contribution in [0.15, 0.2) is 12.4 Å². The average molecular weight is 352 g/mol. The van der Waals surface area contributed by atoms with Gasteiger partial charge in [-0.05, 0) is 0 Å². The smallest absolute Gasteiger partial charge is 0.271 e. The molecule has 0 spiro atoms. The molecule has 0 aliphatic carbocycles. The van der Waals surface area contributed by atoms with Gasteiger partial charge < -0.3 is 0 Å². The number of fused-ring (bicyclic) bond motifs is 3.